The van der Waals surface area contributed by atoms with Crippen molar-refractivity contribution < 1.29 is 34.8 Å². The summed E-state index contributed by atoms with van der Waals surface area (Å²) in [4.78, 5) is 38.8. The molecule has 8 N–H and O–H groups in total. The van der Waals surface area contributed by atoms with Crippen LogP contribution in [0.2, 0.25) is 0 Å². The van der Waals surface area contributed by atoms with Crippen LogP contribution < -0.4 is 11.5 Å². The Balaban J connectivity index is 1.73. The summed E-state index contributed by atoms with van der Waals surface area (Å²) in [6, 6.07) is 3.49. The third kappa shape index (κ3) is 2.74. The molecule has 2 aromatic rings. The zero-order valence-corrected chi connectivity index (χ0v) is 18.7. The molecule has 1 heterocycles. The average Bonchev–Trinajstić information content (AvgIpc) is 3.20. The van der Waals surface area contributed by atoms with Gasteiger partial charge in [-0.25, -0.2) is 0 Å². The highest BCUT2D eigenvalue weighted by Crippen LogP contribution is 2.53. The number of carbonyl (C=O) groups is 3. The van der Waals surface area contributed by atoms with Gasteiger partial charge >= 0.3 is 0 Å². The van der Waals surface area contributed by atoms with Gasteiger partial charge in [0.15, 0.2) is 11.4 Å². The van der Waals surface area contributed by atoms with Crippen molar-refractivity contribution in [2.75, 3.05) is 0 Å². The van der Waals surface area contributed by atoms with Crippen molar-refractivity contribution in [1.82, 2.24) is 4.37 Å². The Morgan fingerprint density at radius 2 is 1.94 bits per heavy atom. The van der Waals surface area contributed by atoms with Crippen LogP contribution in [0, 0.1) is 18.8 Å². The van der Waals surface area contributed by atoms with E-state index in [0.717, 1.165) is 16.1 Å². The molecule has 4 atom stereocenters. The number of ketones is 2. The molecule has 3 aliphatic rings. The fourth-order valence-corrected chi connectivity index (χ4v) is 6.25. The molecule has 1 amide bonds. The third-order valence-electron chi connectivity index (χ3n) is 7.03. The quantitative estimate of drug-likeness (QED) is 0.334. The van der Waals surface area contributed by atoms with E-state index in [4.69, 9.17) is 11.5 Å². The summed E-state index contributed by atoms with van der Waals surface area (Å²) in [5.41, 5.74) is 9.52. The maximum Gasteiger partial charge on any atom is 0.255 e. The first kappa shape index (κ1) is 22.3. The molecule has 1 unspecified atom stereocenters. The molecular weight excluding hydrogens is 462 g/mol. The molecule has 1 fully saturated rings. The molecule has 0 radical (unpaired) electrons. The fourth-order valence-electron chi connectivity index (χ4n) is 5.44. The second-order valence-electron chi connectivity index (χ2n) is 8.90. The average molecular weight is 484 g/mol. The van der Waals surface area contributed by atoms with Crippen molar-refractivity contribution in [3.63, 3.8) is 0 Å². The van der Waals surface area contributed by atoms with Crippen LogP contribution in [-0.2, 0) is 20.8 Å². The second kappa shape index (κ2) is 7.23. The molecule has 0 bridgehead atoms. The van der Waals surface area contributed by atoms with Crippen molar-refractivity contribution in [3.8, 4) is 16.2 Å². The number of amides is 1. The minimum atomic E-state index is -2.71. The van der Waals surface area contributed by atoms with Gasteiger partial charge in [0.1, 0.15) is 22.8 Å². The van der Waals surface area contributed by atoms with Crippen LogP contribution >= 0.6 is 11.5 Å². The molecule has 176 valence electrons. The zero-order chi connectivity index (χ0) is 24.7. The number of carbonyl (C=O) groups excluding carboxylic acids is 3. The molecular formula is C23H21N3O7S. The molecule has 1 aromatic heterocycles. The van der Waals surface area contributed by atoms with Crippen LogP contribution in [0.4, 0.5) is 0 Å². The van der Waals surface area contributed by atoms with Crippen molar-refractivity contribution in [2.45, 2.75) is 31.4 Å². The highest BCUT2D eigenvalue weighted by Gasteiger charge is 2.63. The topological polar surface area (TPSA) is 197 Å². The normalized spacial score (nSPS) is 28.5. The third-order valence-corrected chi connectivity index (χ3v) is 7.94. The van der Waals surface area contributed by atoms with Crippen molar-refractivity contribution in [2.24, 2.45) is 23.3 Å². The van der Waals surface area contributed by atoms with E-state index in [2.05, 4.69) is 4.37 Å². The van der Waals surface area contributed by atoms with Gasteiger partial charge in [-0.05, 0) is 66.5 Å². The van der Waals surface area contributed by atoms with Crippen molar-refractivity contribution in [3.05, 3.63) is 51.9 Å². The van der Waals surface area contributed by atoms with E-state index in [-0.39, 0.29) is 29.7 Å². The van der Waals surface area contributed by atoms with Gasteiger partial charge in [0.05, 0.1) is 22.2 Å². The summed E-state index contributed by atoms with van der Waals surface area (Å²) in [5, 5.41) is 43.7. The summed E-state index contributed by atoms with van der Waals surface area (Å²) in [6.07, 6.45) is 0.155. The predicted octanol–water partition coefficient (Wildman–Crippen LogP) is 0.793. The number of fused-ring (bicyclic) bond motifs is 3. The summed E-state index contributed by atoms with van der Waals surface area (Å²) in [6.45, 7) is 1.84. The molecule has 1 aromatic carbocycles. The van der Waals surface area contributed by atoms with Gasteiger partial charge in [-0.3, -0.25) is 14.4 Å². The lowest BCUT2D eigenvalue weighted by molar-refractivity contribution is -0.149. The number of primary amides is 1. The predicted molar refractivity (Wildman–Crippen MR) is 121 cm³/mol. The van der Waals surface area contributed by atoms with Gasteiger partial charge in [-0.2, -0.15) is 4.37 Å². The Hall–Kier alpha value is -3.54. The molecule has 34 heavy (non-hydrogen) atoms. The summed E-state index contributed by atoms with van der Waals surface area (Å²) in [5.74, 6) is -7.25. The number of nitrogens with zero attached hydrogens (tertiary/aromatic N) is 1. The Labute approximate surface area is 197 Å². The van der Waals surface area contributed by atoms with E-state index in [1.807, 2.05) is 13.0 Å². The summed E-state index contributed by atoms with van der Waals surface area (Å²) >= 11 is 1.25. The molecule has 10 nitrogen and oxygen atoms in total. The zero-order valence-electron chi connectivity index (χ0n) is 17.9. The van der Waals surface area contributed by atoms with Crippen LogP contribution in [0.15, 0.2) is 35.1 Å². The van der Waals surface area contributed by atoms with Crippen molar-refractivity contribution in [1.29, 1.82) is 0 Å². The number of hydrogen-bond acceptors (Lipinski definition) is 10. The van der Waals surface area contributed by atoms with E-state index in [1.165, 1.54) is 17.6 Å². The maximum atomic E-state index is 13.6. The Kier molecular flexibility index (Phi) is 4.73. The van der Waals surface area contributed by atoms with Gasteiger partial charge in [0.2, 0.25) is 5.78 Å². The lowest BCUT2D eigenvalue weighted by atomic mass is 9.57. The molecule has 5 rings (SSSR count). The van der Waals surface area contributed by atoms with Crippen molar-refractivity contribution >= 4 is 34.8 Å². The Morgan fingerprint density at radius 3 is 2.56 bits per heavy atom. The number of benzene rings is 1. The number of hydrogen-bond donors (Lipinski definition) is 6. The van der Waals surface area contributed by atoms with E-state index in [0.29, 0.717) is 5.56 Å². The minimum absolute atomic E-state index is 0.0408. The van der Waals surface area contributed by atoms with Crippen LogP contribution in [0.3, 0.4) is 0 Å². The highest BCUT2D eigenvalue weighted by atomic mass is 32.1. The molecule has 0 saturated heterocycles. The van der Waals surface area contributed by atoms with E-state index >= 15 is 0 Å². The number of aryl methyl sites for hydroxylation is 1. The van der Waals surface area contributed by atoms with Gasteiger partial charge < -0.3 is 31.9 Å². The highest BCUT2D eigenvalue weighted by molar-refractivity contribution is 7.09. The van der Waals surface area contributed by atoms with Gasteiger partial charge in [-0.15, -0.1) is 0 Å². The number of nitrogens with two attached hydrogens (primary N) is 2. The first-order valence-corrected chi connectivity index (χ1v) is 11.3. The van der Waals surface area contributed by atoms with Crippen LogP contribution in [-0.4, -0.2) is 53.9 Å². The molecule has 0 aliphatic heterocycles. The molecule has 1 saturated carbocycles. The number of Topliss-reactive ketones (excluding diaryl/α,β-unsaturated/α-hetero) is 2. The maximum absolute atomic E-state index is 13.6. The Morgan fingerprint density at radius 1 is 1.24 bits per heavy atom. The van der Waals surface area contributed by atoms with Crippen LogP contribution in [0.25, 0.3) is 16.2 Å². The first-order valence-electron chi connectivity index (χ1n) is 10.5. The van der Waals surface area contributed by atoms with Gasteiger partial charge in [0.25, 0.3) is 5.91 Å². The largest absolute Gasteiger partial charge is 0.508 e. The monoisotopic (exact) mass is 483 g/mol. The number of rotatable bonds is 2. The smallest absolute Gasteiger partial charge is 0.255 e. The van der Waals surface area contributed by atoms with E-state index in [1.54, 1.807) is 6.07 Å². The standard InChI is InChI=1S/C23H21N3O7S/c1-7-4-13(34-26-7)9-2-3-12(27)15-10(9)5-8-6-11-17(24)19(29)16(22(25)32)21(31)23(11,33)20(30)14(8)18(15)28/h2-4,8,11,17,27-28,31,33H,5-6,24H2,1H3,(H2,25,32)/t8?,11-,17+,23-/m0/s1. The summed E-state index contributed by atoms with van der Waals surface area (Å²) < 4.78 is 4.28. The molecule has 11 heteroatoms. The lowest BCUT2D eigenvalue weighted by Crippen LogP contribution is -2.65. The SMILES string of the molecule is Cc1cc(-c2ccc(O)c3c2CC2C[C@H]4[C@@H](N)C(=O)C(C(N)=O)=C(O)[C@@]4(O)C(=O)C2=C3O)sn1. The second-order valence-corrected chi connectivity index (χ2v) is 9.70. The van der Waals surface area contributed by atoms with Crippen LogP contribution in [0.1, 0.15) is 23.2 Å². The fraction of sp³-hybridized carbons (Fsp3) is 0.304. The van der Waals surface area contributed by atoms with Gasteiger partial charge in [-0.1, -0.05) is 0 Å². The summed E-state index contributed by atoms with van der Waals surface area (Å²) in [7, 11) is 0. The number of aromatic hydroxyl groups is 1. The number of aromatic nitrogens is 1. The number of aliphatic hydroxyl groups excluding tert-OH is 2. The molecule has 0 spiro atoms. The number of phenols is 1. The van der Waals surface area contributed by atoms with E-state index < -0.39 is 58.0 Å². The number of aliphatic hydroxyl groups is 3. The van der Waals surface area contributed by atoms with Crippen LogP contribution in [0.5, 0.6) is 5.75 Å². The molecule has 3 aliphatic carbocycles. The van der Waals surface area contributed by atoms with Gasteiger partial charge in [0, 0.05) is 11.5 Å². The lowest BCUT2D eigenvalue weighted by Gasteiger charge is -2.48. The van der Waals surface area contributed by atoms with E-state index in [9.17, 15) is 34.8 Å². The number of phenolic OH excluding ortho intramolecular Hbond substituents is 1. The minimum Gasteiger partial charge on any atom is -0.508 e. The Bertz CT molecular complexity index is 1370. The first-order chi connectivity index (χ1) is 16.0.